The zero-order valence-corrected chi connectivity index (χ0v) is 13.5. The van der Waals surface area contributed by atoms with Gasteiger partial charge in [-0.05, 0) is 30.7 Å². The Balaban J connectivity index is 1.90. The van der Waals surface area contributed by atoms with E-state index in [-0.39, 0.29) is 18.0 Å². The van der Waals surface area contributed by atoms with E-state index < -0.39 is 5.56 Å². The van der Waals surface area contributed by atoms with Gasteiger partial charge in [0.15, 0.2) is 0 Å². The number of aryl methyl sites for hydroxylation is 1. The maximum Gasteiger partial charge on any atom is 0.269 e. The molecule has 1 aromatic heterocycles. The molecule has 5 nitrogen and oxygen atoms in total. The lowest BCUT2D eigenvalue weighted by Crippen LogP contribution is -2.39. The summed E-state index contributed by atoms with van der Waals surface area (Å²) in [5.41, 5.74) is 1.19. The zero-order chi connectivity index (χ0) is 16.4. The van der Waals surface area contributed by atoms with Gasteiger partial charge in [0.05, 0.1) is 5.69 Å². The van der Waals surface area contributed by atoms with Crippen LogP contribution in [0.25, 0.3) is 0 Å². The van der Waals surface area contributed by atoms with E-state index in [1.807, 2.05) is 30.3 Å². The lowest BCUT2D eigenvalue weighted by Gasteiger charge is -2.29. The predicted octanol–water partition coefficient (Wildman–Crippen LogP) is 2.17. The fourth-order valence-electron chi connectivity index (χ4n) is 2.59. The average Bonchev–Trinajstić information content (AvgIpc) is 2.57. The highest BCUT2D eigenvalue weighted by Gasteiger charge is 2.23. The van der Waals surface area contributed by atoms with Gasteiger partial charge in [-0.25, -0.2) is 0 Å². The first-order chi connectivity index (χ1) is 11.1. The summed E-state index contributed by atoms with van der Waals surface area (Å²) in [6.45, 7) is 2.27. The molecule has 0 fully saturated rings. The number of fused-ring (bicyclic) bond motifs is 1. The number of aromatic nitrogens is 1. The van der Waals surface area contributed by atoms with Crippen LogP contribution in [0, 0.1) is 18.3 Å². The van der Waals surface area contributed by atoms with Crippen molar-refractivity contribution >= 4 is 23.4 Å². The van der Waals surface area contributed by atoms with Crippen molar-refractivity contribution in [2.75, 3.05) is 17.2 Å². The Morgan fingerprint density at radius 3 is 2.91 bits per heavy atom. The summed E-state index contributed by atoms with van der Waals surface area (Å²) < 4.78 is 1.30. The van der Waals surface area contributed by atoms with Crippen LogP contribution in [0.5, 0.6) is 0 Å². The Labute approximate surface area is 138 Å². The molecule has 1 aromatic carbocycles. The van der Waals surface area contributed by atoms with Gasteiger partial charge in [0.25, 0.3) is 5.56 Å². The van der Waals surface area contributed by atoms with Gasteiger partial charge in [0, 0.05) is 23.4 Å². The number of nitriles is 1. The van der Waals surface area contributed by atoms with E-state index in [4.69, 9.17) is 5.26 Å². The molecule has 0 saturated carbocycles. The Bertz CT molecular complexity index is 867. The van der Waals surface area contributed by atoms with Crippen molar-refractivity contribution in [3.05, 3.63) is 58.0 Å². The fraction of sp³-hybridized carbons (Fsp3) is 0.235. The maximum absolute atomic E-state index is 12.6. The van der Waals surface area contributed by atoms with Crippen LogP contribution >= 0.6 is 11.8 Å². The van der Waals surface area contributed by atoms with Crippen LogP contribution in [-0.4, -0.2) is 22.8 Å². The molecule has 1 aliphatic heterocycles. The van der Waals surface area contributed by atoms with Crippen molar-refractivity contribution in [3.8, 4) is 6.07 Å². The van der Waals surface area contributed by atoms with Crippen LogP contribution in [0.2, 0.25) is 0 Å². The molecule has 2 heterocycles. The first-order valence-electron chi connectivity index (χ1n) is 7.24. The molecule has 2 aromatic rings. The number of hydrogen-bond acceptors (Lipinski definition) is 4. The Morgan fingerprint density at radius 1 is 1.35 bits per heavy atom. The number of carbonyl (C=O) groups is 1. The summed E-state index contributed by atoms with van der Waals surface area (Å²) in [7, 11) is 0. The van der Waals surface area contributed by atoms with Gasteiger partial charge in [-0.2, -0.15) is 5.26 Å². The lowest BCUT2D eigenvalue weighted by molar-refractivity contribution is -0.119. The second-order valence-corrected chi connectivity index (χ2v) is 6.42. The van der Waals surface area contributed by atoms with Crippen LogP contribution in [0.3, 0.4) is 0 Å². The summed E-state index contributed by atoms with van der Waals surface area (Å²) in [6, 6.07) is 11.4. The van der Waals surface area contributed by atoms with Gasteiger partial charge >= 0.3 is 0 Å². The van der Waals surface area contributed by atoms with Crippen LogP contribution in [0.15, 0.2) is 46.2 Å². The molecule has 0 bridgehead atoms. The minimum Gasteiger partial charge on any atom is -0.309 e. The highest BCUT2D eigenvalue weighted by Crippen LogP contribution is 2.34. The molecule has 6 heteroatoms. The van der Waals surface area contributed by atoms with Gasteiger partial charge in [-0.3, -0.25) is 9.59 Å². The van der Waals surface area contributed by atoms with Gasteiger partial charge in [-0.1, -0.05) is 12.1 Å². The summed E-state index contributed by atoms with van der Waals surface area (Å²) in [6.07, 6.45) is 1.57. The van der Waals surface area contributed by atoms with Gasteiger partial charge in [0.2, 0.25) is 5.91 Å². The molecule has 23 heavy (non-hydrogen) atoms. The second-order valence-electron chi connectivity index (χ2n) is 5.28. The molecular weight excluding hydrogens is 310 g/mol. The third-order valence-corrected chi connectivity index (χ3v) is 4.86. The largest absolute Gasteiger partial charge is 0.309 e. The van der Waals surface area contributed by atoms with E-state index in [1.165, 1.54) is 4.57 Å². The smallest absolute Gasteiger partial charge is 0.269 e. The van der Waals surface area contributed by atoms with E-state index in [0.717, 1.165) is 16.3 Å². The summed E-state index contributed by atoms with van der Waals surface area (Å²) >= 11 is 1.72. The summed E-state index contributed by atoms with van der Waals surface area (Å²) in [5.74, 6) is 0.683. The quantitative estimate of drug-likeness (QED) is 0.849. The second kappa shape index (κ2) is 6.31. The van der Waals surface area contributed by atoms with Crippen LogP contribution in [-0.2, 0) is 11.3 Å². The average molecular weight is 325 g/mol. The molecule has 0 aliphatic carbocycles. The standard InChI is InChI=1S/C17H15N3O2S/c1-12-6-7-19(17(22)13(12)10-18)11-16(21)20-8-9-23-15-5-3-2-4-14(15)20/h2-7H,8-9,11H2,1H3. The number of nitrogens with zero attached hydrogens (tertiary/aromatic N) is 3. The van der Waals surface area contributed by atoms with Crippen LogP contribution in [0.4, 0.5) is 5.69 Å². The molecule has 0 N–H and O–H groups in total. The van der Waals surface area contributed by atoms with E-state index in [9.17, 15) is 9.59 Å². The highest BCUT2D eigenvalue weighted by atomic mass is 32.2. The molecule has 0 unspecified atom stereocenters. The fourth-order valence-corrected chi connectivity index (χ4v) is 3.58. The van der Waals surface area contributed by atoms with Crippen molar-refractivity contribution in [1.29, 1.82) is 5.26 Å². The van der Waals surface area contributed by atoms with Crippen LogP contribution in [0.1, 0.15) is 11.1 Å². The van der Waals surface area contributed by atoms with Crippen molar-refractivity contribution < 1.29 is 4.79 Å². The molecule has 0 spiro atoms. The van der Waals surface area contributed by atoms with Crippen molar-refractivity contribution in [3.63, 3.8) is 0 Å². The summed E-state index contributed by atoms with van der Waals surface area (Å²) in [5, 5.41) is 9.08. The number of anilines is 1. The molecule has 0 radical (unpaired) electrons. The number of pyridine rings is 1. The molecule has 0 saturated heterocycles. The third-order valence-electron chi connectivity index (χ3n) is 3.82. The van der Waals surface area contributed by atoms with Crippen molar-refractivity contribution in [1.82, 2.24) is 4.57 Å². The van der Waals surface area contributed by atoms with Crippen molar-refractivity contribution in [2.24, 2.45) is 0 Å². The maximum atomic E-state index is 12.6. The van der Waals surface area contributed by atoms with Crippen LogP contribution < -0.4 is 10.5 Å². The summed E-state index contributed by atoms with van der Waals surface area (Å²) in [4.78, 5) is 27.7. The minimum absolute atomic E-state index is 0.0627. The zero-order valence-electron chi connectivity index (χ0n) is 12.7. The van der Waals surface area contributed by atoms with Gasteiger partial charge in [0.1, 0.15) is 18.2 Å². The number of rotatable bonds is 2. The first-order valence-corrected chi connectivity index (χ1v) is 8.22. The van der Waals surface area contributed by atoms with E-state index in [1.54, 1.807) is 35.8 Å². The molecule has 1 amide bonds. The number of amides is 1. The third kappa shape index (κ3) is 2.88. The first kappa shape index (κ1) is 15.4. The minimum atomic E-state index is -0.416. The predicted molar refractivity (Wildman–Crippen MR) is 89.7 cm³/mol. The highest BCUT2D eigenvalue weighted by molar-refractivity contribution is 7.99. The SMILES string of the molecule is Cc1ccn(CC(=O)N2CCSc3ccccc32)c(=O)c1C#N. The van der Waals surface area contributed by atoms with Gasteiger partial charge in [-0.15, -0.1) is 11.8 Å². The number of thioether (sulfide) groups is 1. The number of carbonyl (C=O) groups excluding carboxylic acids is 1. The number of benzene rings is 1. The molecule has 1 aliphatic rings. The number of para-hydroxylation sites is 1. The normalized spacial score (nSPS) is 13.3. The molecule has 116 valence electrons. The Hall–Kier alpha value is -2.52. The molecule has 0 atom stereocenters. The van der Waals surface area contributed by atoms with E-state index in [2.05, 4.69) is 0 Å². The van der Waals surface area contributed by atoms with Crippen molar-refractivity contribution in [2.45, 2.75) is 18.4 Å². The molecular formula is C17H15N3O2S. The lowest BCUT2D eigenvalue weighted by atomic mass is 10.2. The van der Waals surface area contributed by atoms with E-state index >= 15 is 0 Å². The number of hydrogen-bond donors (Lipinski definition) is 0. The van der Waals surface area contributed by atoms with Gasteiger partial charge < -0.3 is 9.47 Å². The molecule has 3 rings (SSSR count). The monoisotopic (exact) mass is 325 g/mol. The topological polar surface area (TPSA) is 66.1 Å². The Morgan fingerprint density at radius 2 is 2.13 bits per heavy atom. The van der Waals surface area contributed by atoms with E-state index in [0.29, 0.717) is 12.1 Å². The Kier molecular flexibility index (Phi) is 4.22.